The van der Waals surface area contributed by atoms with Crippen LogP contribution in [0.5, 0.6) is 0 Å². The molecule has 0 spiro atoms. The third-order valence-corrected chi connectivity index (χ3v) is 4.67. The van der Waals surface area contributed by atoms with E-state index in [1.54, 1.807) is 0 Å². The van der Waals surface area contributed by atoms with Crippen LogP contribution in [0.1, 0.15) is 39.0 Å². The highest BCUT2D eigenvalue weighted by atomic mass is 32.2. The molecule has 1 aromatic heterocycles. The number of nitrogens with one attached hydrogen (secondary N) is 1. The highest BCUT2D eigenvalue weighted by molar-refractivity contribution is 7.99. The van der Waals surface area contributed by atoms with Crippen molar-refractivity contribution in [1.29, 1.82) is 0 Å². The molecule has 1 aliphatic rings. The van der Waals surface area contributed by atoms with Gasteiger partial charge in [0, 0.05) is 12.2 Å². The number of aromatic nitrogens is 1. The molecule has 1 saturated carbocycles. The smallest absolute Gasteiger partial charge is 0.0959 e. The molecule has 1 aliphatic carbocycles. The van der Waals surface area contributed by atoms with Gasteiger partial charge >= 0.3 is 0 Å². The van der Waals surface area contributed by atoms with Gasteiger partial charge < -0.3 is 5.32 Å². The van der Waals surface area contributed by atoms with E-state index in [-0.39, 0.29) is 0 Å². The summed E-state index contributed by atoms with van der Waals surface area (Å²) < 4.78 is 0. The zero-order chi connectivity index (χ0) is 12.6. The van der Waals surface area contributed by atoms with Crippen LogP contribution >= 0.6 is 11.8 Å². The van der Waals surface area contributed by atoms with Crippen molar-refractivity contribution in [3.05, 3.63) is 24.4 Å². The molecule has 0 aromatic carbocycles. The maximum Gasteiger partial charge on any atom is 0.0959 e. The first kappa shape index (κ1) is 13.9. The van der Waals surface area contributed by atoms with Gasteiger partial charge in [-0.25, -0.2) is 4.98 Å². The van der Waals surface area contributed by atoms with Crippen molar-refractivity contribution in [3.8, 4) is 0 Å². The van der Waals surface area contributed by atoms with Crippen molar-refractivity contribution in [1.82, 2.24) is 10.3 Å². The Morgan fingerprint density at radius 3 is 3.11 bits per heavy atom. The first-order valence-corrected chi connectivity index (χ1v) is 8.16. The van der Waals surface area contributed by atoms with Crippen LogP contribution in [0.2, 0.25) is 0 Å². The van der Waals surface area contributed by atoms with Crippen LogP contribution in [-0.4, -0.2) is 23.3 Å². The molecule has 3 heteroatoms. The van der Waals surface area contributed by atoms with Gasteiger partial charge in [0.15, 0.2) is 0 Å². The summed E-state index contributed by atoms with van der Waals surface area (Å²) in [5.74, 6) is 2.08. The minimum Gasteiger partial charge on any atom is -0.314 e. The van der Waals surface area contributed by atoms with Gasteiger partial charge in [0.2, 0.25) is 0 Å². The SMILES string of the molecule is CCCNC1CCCC1CCSc1ccccn1. The molecule has 1 heterocycles. The van der Waals surface area contributed by atoms with E-state index in [2.05, 4.69) is 29.4 Å². The first-order valence-electron chi connectivity index (χ1n) is 7.17. The van der Waals surface area contributed by atoms with Crippen molar-refractivity contribution in [2.45, 2.75) is 50.1 Å². The Morgan fingerprint density at radius 1 is 1.39 bits per heavy atom. The minimum atomic E-state index is 0.772. The summed E-state index contributed by atoms with van der Waals surface area (Å²) >= 11 is 1.89. The standard InChI is InChI=1S/C15H24N2S/c1-2-10-16-14-7-5-6-13(14)9-12-18-15-8-3-4-11-17-15/h3-4,8,11,13-14,16H,2,5-7,9-10,12H2,1H3. The fourth-order valence-electron chi connectivity index (χ4n) is 2.73. The summed E-state index contributed by atoms with van der Waals surface area (Å²) in [5.41, 5.74) is 0. The Balaban J connectivity index is 1.69. The molecule has 1 fully saturated rings. The first-order chi connectivity index (χ1) is 8.90. The van der Waals surface area contributed by atoms with E-state index < -0.39 is 0 Å². The van der Waals surface area contributed by atoms with E-state index in [0.717, 1.165) is 17.0 Å². The van der Waals surface area contributed by atoms with Gasteiger partial charge in [0.1, 0.15) is 0 Å². The predicted octanol–water partition coefficient (Wildman–Crippen LogP) is 3.73. The molecule has 0 bridgehead atoms. The third-order valence-electron chi connectivity index (χ3n) is 3.69. The Hall–Kier alpha value is -0.540. The van der Waals surface area contributed by atoms with Crippen LogP contribution in [0.4, 0.5) is 0 Å². The molecular formula is C15H24N2S. The third kappa shape index (κ3) is 4.29. The lowest BCUT2D eigenvalue weighted by Gasteiger charge is -2.20. The number of hydrogen-bond acceptors (Lipinski definition) is 3. The lowest BCUT2D eigenvalue weighted by atomic mass is 10.0. The fourth-order valence-corrected chi connectivity index (χ4v) is 3.67. The summed E-state index contributed by atoms with van der Waals surface area (Å²) in [6.45, 7) is 3.42. The van der Waals surface area contributed by atoms with E-state index in [1.165, 1.54) is 44.4 Å². The predicted molar refractivity (Wildman–Crippen MR) is 79.0 cm³/mol. The monoisotopic (exact) mass is 264 g/mol. The van der Waals surface area contributed by atoms with Crippen LogP contribution in [0.25, 0.3) is 0 Å². The number of nitrogens with zero attached hydrogens (tertiary/aromatic N) is 1. The summed E-state index contributed by atoms with van der Waals surface area (Å²) in [7, 11) is 0. The van der Waals surface area contributed by atoms with Crippen LogP contribution < -0.4 is 5.32 Å². The molecule has 0 saturated heterocycles. The van der Waals surface area contributed by atoms with Crippen LogP contribution in [0, 0.1) is 5.92 Å². The van der Waals surface area contributed by atoms with Gasteiger partial charge in [-0.3, -0.25) is 0 Å². The van der Waals surface area contributed by atoms with E-state index in [0.29, 0.717) is 0 Å². The molecule has 18 heavy (non-hydrogen) atoms. The van der Waals surface area contributed by atoms with Gasteiger partial charge in [0.25, 0.3) is 0 Å². The Morgan fingerprint density at radius 2 is 2.33 bits per heavy atom. The Labute approximate surface area is 115 Å². The van der Waals surface area contributed by atoms with E-state index in [4.69, 9.17) is 0 Å². The van der Waals surface area contributed by atoms with Gasteiger partial charge in [-0.2, -0.15) is 0 Å². The van der Waals surface area contributed by atoms with Crippen LogP contribution in [-0.2, 0) is 0 Å². The van der Waals surface area contributed by atoms with Crippen molar-refractivity contribution >= 4 is 11.8 Å². The number of pyridine rings is 1. The van der Waals surface area contributed by atoms with Crippen molar-refractivity contribution in [2.24, 2.45) is 5.92 Å². The van der Waals surface area contributed by atoms with Crippen molar-refractivity contribution in [3.63, 3.8) is 0 Å². The Bertz CT molecular complexity index is 329. The summed E-state index contributed by atoms with van der Waals surface area (Å²) in [5, 5.41) is 4.87. The molecular weight excluding hydrogens is 240 g/mol. The summed E-state index contributed by atoms with van der Waals surface area (Å²) in [4.78, 5) is 4.36. The van der Waals surface area contributed by atoms with E-state index in [1.807, 2.05) is 24.0 Å². The molecule has 0 radical (unpaired) electrons. The molecule has 1 aromatic rings. The molecule has 0 amide bonds. The highest BCUT2D eigenvalue weighted by Gasteiger charge is 2.25. The lowest BCUT2D eigenvalue weighted by Crippen LogP contribution is -2.33. The van der Waals surface area contributed by atoms with Crippen LogP contribution in [0.3, 0.4) is 0 Å². The molecule has 2 nitrogen and oxygen atoms in total. The number of hydrogen-bond donors (Lipinski definition) is 1. The number of thioether (sulfide) groups is 1. The van der Waals surface area contributed by atoms with E-state index in [9.17, 15) is 0 Å². The second-order valence-electron chi connectivity index (χ2n) is 5.06. The van der Waals surface area contributed by atoms with E-state index >= 15 is 0 Å². The molecule has 2 rings (SSSR count). The number of rotatable bonds is 7. The fraction of sp³-hybridized carbons (Fsp3) is 0.667. The lowest BCUT2D eigenvalue weighted by molar-refractivity contribution is 0.393. The summed E-state index contributed by atoms with van der Waals surface area (Å²) in [6, 6.07) is 6.92. The normalized spacial score (nSPS) is 23.4. The molecule has 1 N–H and O–H groups in total. The van der Waals surface area contributed by atoms with Gasteiger partial charge in [0.05, 0.1) is 5.03 Å². The maximum absolute atomic E-state index is 4.36. The van der Waals surface area contributed by atoms with Crippen molar-refractivity contribution in [2.75, 3.05) is 12.3 Å². The second-order valence-corrected chi connectivity index (χ2v) is 6.17. The second kappa shape index (κ2) is 7.80. The average Bonchev–Trinajstić information content (AvgIpc) is 2.85. The zero-order valence-corrected chi connectivity index (χ0v) is 12.1. The van der Waals surface area contributed by atoms with Crippen LogP contribution in [0.15, 0.2) is 29.4 Å². The quantitative estimate of drug-likeness (QED) is 0.760. The van der Waals surface area contributed by atoms with Gasteiger partial charge in [-0.15, -0.1) is 11.8 Å². The minimum absolute atomic E-state index is 0.772. The molecule has 100 valence electrons. The molecule has 2 unspecified atom stereocenters. The zero-order valence-electron chi connectivity index (χ0n) is 11.3. The Kier molecular flexibility index (Phi) is 6.01. The summed E-state index contributed by atoms with van der Waals surface area (Å²) in [6.07, 6.45) is 8.63. The highest BCUT2D eigenvalue weighted by Crippen LogP contribution is 2.30. The largest absolute Gasteiger partial charge is 0.314 e. The average molecular weight is 264 g/mol. The van der Waals surface area contributed by atoms with Gasteiger partial charge in [-0.05, 0) is 56.0 Å². The molecule has 0 aliphatic heterocycles. The maximum atomic E-state index is 4.36. The van der Waals surface area contributed by atoms with Gasteiger partial charge in [-0.1, -0.05) is 19.4 Å². The van der Waals surface area contributed by atoms with Crippen molar-refractivity contribution < 1.29 is 0 Å². The topological polar surface area (TPSA) is 24.9 Å². The molecule has 2 atom stereocenters.